The van der Waals surface area contributed by atoms with Crippen LogP contribution < -0.4 is 9.47 Å². The summed E-state index contributed by atoms with van der Waals surface area (Å²) < 4.78 is 17.4. The summed E-state index contributed by atoms with van der Waals surface area (Å²) in [6.45, 7) is 7.58. The maximum Gasteiger partial charge on any atom is 0.163 e. The van der Waals surface area contributed by atoms with E-state index in [2.05, 4.69) is 19.9 Å². The maximum absolute atomic E-state index is 10.6. The first-order chi connectivity index (χ1) is 16.6. The molecule has 1 spiro atoms. The molecule has 0 atom stereocenters. The van der Waals surface area contributed by atoms with Crippen molar-refractivity contribution in [3.63, 3.8) is 0 Å². The van der Waals surface area contributed by atoms with Gasteiger partial charge in [-0.05, 0) is 50.6 Å². The first-order valence-corrected chi connectivity index (χ1v) is 11.7. The van der Waals surface area contributed by atoms with Crippen LogP contribution >= 0.6 is 0 Å². The fourth-order valence-corrected chi connectivity index (χ4v) is 4.97. The van der Waals surface area contributed by atoms with Gasteiger partial charge in [-0.3, -0.25) is 4.98 Å². The zero-order valence-corrected chi connectivity index (χ0v) is 19.2. The Morgan fingerprint density at radius 1 is 1.18 bits per heavy atom. The SMILES string of the molecule is Cc1cc2cc(Oc3ccnc4cc(OCCCN5CCC6(COC6)C5)c(O)cc34)cnc2[nH]1. The summed E-state index contributed by atoms with van der Waals surface area (Å²) >= 11 is 0. The summed E-state index contributed by atoms with van der Waals surface area (Å²) in [4.78, 5) is 14.6. The fraction of sp³-hybridized carbons (Fsp3) is 0.385. The van der Waals surface area contributed by atoms with Crippen LogP contribution in [0.2, 0.25) is 0 Å². The molecule has 8 heteroatoms. The molecule has 0 radical (unpaired) electrons. The molecule has 5 heterocycles. The molecule has 1 aromatic carbocycles. The average Bonchev–Trinajstić information content (AvgIpc) is 3.40. The standard InChI is InChI=1S/C26H28N4O4/c1-17-9-18-10-19(13-28-25(18)29-17)34-23-3-5-27-21-12-24(22(31)11-20(21)23)33-8-2-6-30-7-4-26(14-30)15-32-16-26/h3,5,9-13,31H,2,4,6-8,14-16H2,1H3,(H,28,29). The minimum atomic E-state index is 0.0759. The highest BCUT2D eigenvalue weighted by atomic mass is 16.5. The number of hydrogen-bond donors (Lipinski definition) is 2. The lowest BCUT2D eigenvalue weighted by Gasteiger charge is -2.37. The van der Waals surface area contributed by atoms with Crippen molar-refractivity contribution in [2.75, 3.05) is 39.5 Å². The van der Waals surface area contributed by atoms with Gasteiger partial charge in [-0.25, -0.2) is 4.98 Å². The Kier molecular flexibility index (Phi) is 5.27. The van der Waals surface area contributed by atoms with Crippen LogP contribution in [0.4, 0.5) is 0 Å². The largest absolute Gasteiger partial charge is 0.504 e. The molecular weight excluding hydrogens is 432 g/mol. The summed E-state index contributed by atoms with van der Waals surface area (Å²) in [5.41, 5.74) is 2.97. The van der Waals surface area contributed by atoms with Gasteiger partial charge in [-0.15, -0.1) is 0 Å². The summed E-state index contributed by atoms with van der Waals surface area (Å²) in [6, 6.07) is 9.17. The van der Waals surface area contributed by atoms with E-state index in [-0.39, 0.29) is 5.75 Å². The number of aromatic hydroxyl groups is 1. The predicted molar refractivity (Wildman–Crippen MR) is 129 cm³/mol. The molecule has 34 heavy (non-hydrogen) atoms. The molecule has 2 aliphatic heterocycles. The van der Waals surface area contributed by atoms with E-state index >= 15 is 0 Å². The molecule has 2 fully saturated rings. The molecule has 176 valence electrons. The third-order valence-corrected chi connectivity index (χ3v) is 6.80. The van der Waals surface area contributed by atoms with Gasteiger partial charge in [0.1, 0.15) is 17.1 Å². The highest BCUT2D eigenvalue weighted by Crippen LogP contribution is 2.38. The van der Waals surface area contributed by atoms with Gasteiger partial charge < -0.3 is 29.2 Å². The zero-order chi connectivity index (χ0) is 23.1. The molecule has 3 aromatic heterocycles. The van der Waals surface area contributed by atoms with Crippen molar-refractivity contribution < 1.29 is 19.3 Å². The number of aryl methyl sites for hydroxylation is 1. The third-order valence-electron chi connectivity index (χ3n) is 6.80. The van der Waals surface area contributed by atoms with Gasteiger partial charge in [-0.1, -0.05) is 0 Å². The number of phenols is 1. The Balaban J connectivity index is 1.12. The molecule has 2 N–H and O–H groups in total. The first kappa shape index (κ1) is 21.2. The van der Waals surface area contributed by atoms with Crippen molar-refractivity contribution in [3.8, 4) is 23.0 Å². The highest BCUT2D eigenvalue weighted by Gasteiger charge is 2.43. The molecule has 2 saturated heterocycles. The number of rotatable bonds is 7. The van der Waals surface area contributed by atoms with Gasteiger partial charge in [0.15, 0.2) is 11.5 Å². The third kappa shape index (κ3) is 4.03. The molecule has 0 saturated carbocycles. The molecular formula is C26H28N4O4. The van der Waals surface area contributed by atoms with E-state index in [0.29, 0.717) is 40.2 Å². The van der Waals surface area contributed by atoms with E-state index in [0.717, 1.165) is 56.0 Å². The predicted octanol–water partition coefficient (Wildman–Crippen LogP) is 4.41. The Morgan fingerprint density at radius 3 is 2.91 bits per heavy atom. The molecule has 0 amide bonds. The molecule has 0 bridgehead atoms. The van der Waals surface area contributed by atoms with E-state index in [1.165, 1.54) is 6.42 Å². The van der Waals surface area contributed by atoms with Crippen LogP contribution in [0.25, 0.3) is 21.9 Å². The lowest BCUT2D eigenvalue weighted by atomic mass is 9.85. The number of pyridine rings is 2. The summed E-state index contributed by atoms with van der Waals surface area (Å²) in [7, 11) is 0. The fourth-order valence-electron chi connectivity index (χ4n) is 4.97. The topological polar surface area (TPSA) is 92.7 Å². The van der Waals surface area contributed by atoms with E-state index in [1.54, 1.807) is 30.6 Å². The minimum absolute atomic E-state index is 0.0759. The Morgan fingerprint density at radius 2 is 2.09 bits per heavy atom. The van der Waals surface area contributed by atoms with Gasteiger partial charge in [-0.2, -0.15) is 0 Å². The van der Waals surface area contributed by atoms with Crippen LogP contribution in [0.15, 0.2) is 42.7 Å². The van der Waals surface area contributed by atoms with Crippen molar-refractivity contribution in [2.24, 2.45) is 5.41 Å². The number of aromatic amines is 1. The molecule has 6 rings (SSSR count). The summed E-state index contributed by atoms with van der Waals surface area (Å²) in [6.07, 6.45) is 5.50. The number of ether oxygens (including phenoxy) is 3. The van der Waals surface area contributed by atoms with Gasteiger partial charge in [0.2, 0.25) is 0 Å². The monoisotopic (exact) mass is 460 g/mol. The number of likely N-dealkylation sites (tertiary alicyclic amines) is 1. The number of nitrogens with zero attached hydrogens (tertiary/aromatic N) is 3. The maximum atomic E-state index is 10.6. The Labute approximate surface area is 197 Å². The first-order valence-electron chi connectivity index (χ1n) is 11.7. The van der Waals surface area contributed by atoms with Crippen molar-refractivity contribution in [1.82, 2.24) is 19.9 Å². The number of aromatic nitrogens is 3. The van der Waals surface area contributed by atoms with Crippen molar-refractivity contribution in [2.45, 2.75) is 19.8 Å². The van der Waals surface area contributed by atoms with Crippen LogP contribution in [-0.2, 0) is 4.74 Å². The normalized spacial score (nSPS) is 17.4. The number of nitrogens with one attached hydrogen (secondary N) is 1. The number of phenolic OH excluding ortho intramolecular Hbond substituents is 1. The van der Waals surface area contributed by atoms with Crippen molar-refractivity contribution in [1.29, 1.82) is 0 Å². The number of H-pyrrole nitrogens is 1. The lowest BCUT2D eigenvalue weighted by molar-refractivity contribution is -0.105. The molecule has 2 aliphatic rings. The van der Waals surface area contributed by atoms with Gasteiger partial charge in [0.25, 0.3) is 0 Å². The second-order valence-electron chi connectivity index (χ2n) is 9.53. The van der Waals surface area contributed by atoms with Crippen LogP contribution in [0.5, 0.6) is 23.0 Å². The van der Waals surface area contributed by atoms with E-state index in [9.17, 15) is 5.11 Å². The quantitative estimate of drug-likeness (QED) is 0.395. The van der Waals surface area contributed by atoms with Crippen LogP contribution in [0.3, 0.4) is 0 Å². The van der Waals surface area contributed by atoms with Crippen molar-refractivity contribution >= 4 is 21.9 Å². The van der Waals surface area contributed by atoms with Crippen LogP contribution in [0.1, 0.15) is 18.5 Å². The Bertz CT molecular complexity index is 1350. The molecule has 4 aromatic rings. The molecule has 0 aliphatic carbocycles. The second kappa shape index (κ2) is 8.45. The van der Waals surface area contributed by atoms with Gasteiger partial charge in [0.05, 0.1) is 31.5 Å². The molecule has 8 nitrogen and oxygen atoms in total. The van der Waals surface area contributed by atoms with Gasteiger partial charge >= 0.3 is 0 Å². The minimum Gasteiger partial charge on any atom is -0.504 e. The van der Waals surface area contributed by atoms with Gasteiger partial charge in [0, 0.05) is 47.2 Å². The van der Waals surface area contributed by atoms with Crippen LogP contribution in [0, 0.1) is 12.3 Å². The van der Waals surface area contributed by atoms with E-state index in [1.807, 2.05) is 19.1 Å². The second-order valence-corrected chi connectivity index (χ2v) is 9.53. The lowest BCUT2D eigenvalue weighted by Crippen LogP contribution is -2.44. The van der Waals surface area contributed by atoms with E-state index < -0.39 is 0 Å². The molecule has 0 unspecified atom stereocenters. The Hall–Kier alpha value is -3.36. The number of fused-ring (bicyclic) bond motifs is 2. The summed E-state index contributed by atoms with van der Waals surface area (Å²) in [5, 5.41) is 12.3. The average molecular weight is 461 g/mol. The number of benzene rings is 1. The van der Waals surface area contributed by atoms with E-state index in [4.69, 9.17) is 14.2 Å². The number of hydrogen-bond acceptors (Lipinski definition) is 7. The van der Waals surface area contributed by atoms with Crippen molar-refractivity contribution in [3.05, 3.63) is 48.4 Å². The highest BCUT2D eigenvalue weighted by molar-refractivity contribution is 5.88. The van der Waals surface area contributed by atoms with Crippen LogP contribution in [-0.4, -0.2) is 64.4 Å². The summed E-state index contributed by atoms with van der Waals surface area (Å²) in [5.74, 6) is 1.74. The smallest absolute Gasteiger partial charge is 0.163 e. The zero-order valence-electron chi connectivity index (χ0n) is 19.2.